The minimum Gasteiger partial charge on any atom is -0.312 e. The van der Waals surface area contributed by atoms with Crippen LogP contribution in [0, 0.1) is 5.41 Å². The predicted molar refractivity (Wildman–Crippen MR) is 58.1 cm³/mol. The highest BCUT2D eigenvalue weighted by Gasteiger charge is 2.28. The second-order valence-electron chi connectivity index (χ2n) is 5.62. The van der Waals surface area contributed by atoms with E-state index in [1.807, 2.05) is 20.8 Å². The van der Waals surface area contributed by atoms with E-state index in [0.717, 1.165) is 0 Å². The van der Waals surface area contributed by atoms with Crippen LogP contribution in [0.25, 0.3) is 0 Å². The largest absolute Gasteiger partial charge is 0.403 e. The predicted octanol–water partition coefficient (Wildman–Crippen LogP) is 2.54. The van der Waals surface area contributed by atoms with Gasteiger partial charge in [0.15, 0.2) is 0 Å². The van der Waals surface area contributed by atoms with Crippen molar-refractivity contribution in [3.8, 4) is 0 Å². The Morgan fingerprint density at radius 2 is 1.64 bits per heavy atom. The maximum Gasteiger partial charge on any atom is 0.403 e. The first-order valence-electron chi connectivity index (χ1n) is 4.70. The third-order valence-corrected chi connectivity index (χ3v) is 2.56. The van der Waals surface area contributed by atoms with Gasteiger partial charge in [0.2, 0.25) is 0 Å². The Kier molecular flexibility index (Phi) is 4.35. The summed E-state index contributed by atoms with van der Waals surface area (Å²) in [6.07, 6.45) is 0. The van der Waals surface area contributed by atoms with Gasteiger partial charge in [-0.15, -0.1) is 0 Å². The van der Waals surface area contributed by atoms with Gasteiger partial charge in [-0.3, -0.25) is 4.52 Å². The molecule has 0 aliphatic rings. The van der Waals surface area contributed by atoms with Crippen molar-refractivity contribution in [3.63, 3.8) is 0 Å². The number of hydrogen-bond donors (Lipinski definition) is 2. The summed E-state index contributed by atoms with van der Waals surface area (Å²) in [5, 5.41) is 2.54. The third-order valence-electron chi connectivity index (χ3n) is 1.21. The first-order valence-corrected chi connectivity index (χ1v) is 6.28. The van der Waals surface area contributed by atoms with Gasteiger partial charge in [-0.05, 0) is 26.2 Å². The second kappa shape index (κ2) is 4.31. The molecule has 0 aliphatic heterocycles. The monoisotopic (exact) mass is 223 g/mol. The molecule has 0 aromatic carbocycles. The van der Waals surface area contributed by atoms with Crippen LogP contribution in [0.3, 0.4) is 0 Å². The van der Waals surface area contributed by atoms with E-state index in [0.29, 0.717) is 6.54 Å². The molecule has 0 fully saturated rings. The van der Waals surface area contributed by atoms with Gasteiger partial charge in [0.25, 0.3) is 0 Å². The van der Waals surface area contributed by atoms with Crippen LogP contribution in [-0.4, -0.2) is 17.0 Å². The van der Waals surface area contributed by atoms with Crippen molar-refractivity contribution in [2.45, 2.75) is 47.1 Å². The fourth-order valence-electron chi connectivity index (χ4n) is 0.741. The minimum absolute atomic E-state index is 0.0420. The summed E-state index contributed by atoms with van der Waals surface area (Å²) in [4.78, 5) is 9.44. The molecule has 0 saturated carbocycles. The molecule has 0 amide bonds. The highest BCUT2D eigenvalue weighted by Crippen LogP contribution is 2.42. The van der Waals surface area contributed by atoms with Gasteiger partial charge >= 0.3 is 7.75 Å². The van der Waals surface area contributed by atoms with Gasteiger partial charge < -0.3 is 4.89 Å². The van der Waals surface area contributed by atoms with Crippen molar-refractivity contribution in [1.82, 2.24) is 5.09 Å². The Morgan fingerprint density at radius 1 is 1.21 bits per heavy atom. The molecule has 0 aliphatic carbocycles. The van der Waals surface area contributed by atoms with Gasteiger partial charge in [0.1, 0.15) is 0 Å². The molecule has 0 bridgehead atoms. The van der Waals surface area contributed by atoms with Crippen LogP contribution in [0.5, 0.6) is 0 Å². The maximum atomic E-state index is 11.5. The number of hydrogen-bond acceptors (Lipinski definition) is 2. The highest BCUT2D eigenvalue weighted by molar-refractivity contribution is 7.50. The van der Waals surface area contributed by atoms with Crippen molar-refractivity contribution in [2.75, 3.05) is 6.54 Å². The lowest BCUT2D eigenvalue weighted by Gasteiger charge is -2.26. The first kappa shape index (κ1) is 14.1. The Bertz CT molecular complexity index is 227. The first-order chi connectivity index (χ1) is 5.91. The van der Waals surface area contributed by atoms with Crippen molar-refractivity contribution >= 4 is 7.75 Å². The molecule has 1 atom stereocenters. The normalized spacial score (nSPS) is 17.9. The Balaban J connectivity index is 4.17. The topological polar surface area (TPSA) is 58.6 Å². The maximum absolute atomic E-state index is 11.5. The molecule has 5 heteroatoms. The van der Waals surface area contributed by atoms with Gasteiger partial charge in [0, 0.05) is 6.54 Å². The molecule has 0 radical (unpaired) electrons. The Labute approximate surface area is 86.6 Å². The van der Waals surface area contributed by atoms with E-state index in [1.54, 1.807) is 20.8 Å². The van der Waals surface area contributed by atoms with E-state index in [-0.39, 0.29) is 5.41 Å². The van der Waals surface area contributed by atoms with Gasteiger partial charge in [-0.1, -0.05) is 20.8 Å². The van der Waals surface area contributed by atoms with E-state index >= 15 is 0 Å². The van der Waals surface area contributed by atoms with Crippen LogP contribution in [0.4, 0.5) is 0 Å². The highest BCUT2D eigenvalue weighted by atomic mass is 31.2. The smallest absolute Gasteiger partial charge is 0.312 e. The molecule has 0 rings (SSSR count). The quantitative estimate of drug-likeness (QED) is 0.722. The van der Waals surface area contributed by atoms with Gasteiger partial charge in [-0.2, -0.15) is 0 Å². The average Bonchev–Trinajstić information content (AvgIpc) is 1.76. The standard InChI is InChI=1S/C9H22NO3P/c1-8(2,3)7-10-14(11,12)13-9(4,5)6/h7H2,1-6H3,(H2,10,11,12). The van der Waals surface area contributed by atoms with Crippen molar-refractivity contribution in [3.05, 3.63) is 0 Å². The molecule has 4 nitrogen and oxygen atoms in total. The van der Waals surface area contributed by atoms with Crippen LogP contribution >= 0.6 is 7.75 Å². The van der Waals surface area contributed by atoms with E-state index in [2.05, 4.69) is 5.09 Å². The van der Waals surface area contributed by atoms with Crippen molar-refractivity contribution in [2.24, 2.45) is 5.41 Å². The SMILES string of the molecule is CC(C)(C)CNP(=O)(O)OC(C)(C)C. The van der Waals surface area contributed by atoms with E-state index in [9.17, 15) is 9.46 Å². The summed E-state index contributed by atoms with van der Waals surface area (Å²) < 4.78 is 16.5. The lowest BCUT2D eigenvalue weighted by molar-refractivity contribution is 0.105. The molecule has 1 unspecified atom stereocenters. The van der Waals surface area contributed by atoms with Crippen molar-refractivity contribution < 1.29 is 14.0 Å². The lowest BCUT2D eigenvalue weighted by atomic mass is 9.98. The summed E-state index contributed by atoms with van der Waals surface area (Å²) in [5.41, 5.74) is -0.658. The molecule has 0 saturated heterocycles. The lowest BCUT2D eigenvalue weighted by Crippen LogP contribution is -2.28. The molecule has 2 N–H and O–H groups in total. The fourth-order valence-corrected chi connectivity index (χ4v) is 2.22. The van der Waals surface area contributed by atoms with Gasteiger partial charge in [-0.25, -0.2) is 9.65 Å². The summed E-state index contributed by atoms with van der Waals surface area (Å²) in [6.45, 7) is 11.6. The molecule has 0 spiro atoms. The average molecular weight is 223 g/mol. The van der Waals surface area contributed by atoms with Crippen LogP contribution in [-0.2, 0) is 9.09 Å². The Morgan fingerprint density at radius 3 is 1.93 bits per heavy atom. The summed E-state index contributed by atoms with van der Waals surface area (Å²) in [6, 6.07) is 0. The van der Waals surface area contributed by atoms with Crippen molar-refractivity contribution in [1.29, 1.82) is 0 Å². The van der Waals surface area contributed by atoms with E-state index < -0.39 is 13.3 Å². The summed E-state index contributed by atoms with van der Waals surface area (Å²) >= 11 is 0. The molecule has 86 valence electrons. The third kappa shape index (κ3) is 8.70. The number of rotatable bonds is 3. The number of nitrogens with one attached hydrogen (secondary N) is 1. The zero-order valence-electron chi connectivity index (χ0n) is 9.92. The Hall–Kier alpha value is 0.110. The second-order valence-corrected chi connectivity index (χ2v) is 7.16. The summed E-state index contributed by atoms with van der Waals surface area (Å²) in [5.74, 6) is 0. The van der Waals surface area contributed by atoms with Crippen LogP contribution < -0.4 is 5.09 Å². The van der Waals surface area contributed by atoms with E-state index in [4.69, 9.17) is 4.52 Å². The molecular weight excluding hydrogens is 201 g/mol. The summed E-state index contributed by atoms with van der Waals surface area (Å²) in [7, 11) is -3.66. The van der Waals surface area contributed by atoms with Crippen LogP contribution in [0.15, 0.2) is 0 Å². The fraction of sp³-hybridized carbons (Fsp3) is 1.00. The molecule has 14 heavy (non-hydrogen) atoms. The molecule has 0 aromatic rings. The minimum atomic E-state index is -3.66. The van der Waals surface area contributed by atoms with Crippen LogP contribution in [0.2, 0.25) is 0 Å². The van der Waals surface area contributed by atoms with Crippen LogP contribution in [0.1, 0.15) is 41.5 Å². The zero-order chi connectivity index (χ0) is 11.6. The van der Waals surface area contributed by atoms with E-state index in [1.165, 1.54) is 0 Å². The molecular formula is C9H22NO3P. The van der Waals surface area contributed by atoms with Gasteiger partial charge in [0.05, 0.1) is 5.60 Å². The zero-order valence-corrected chi connectivity index (χ0v) is 10.8. The molecule has 0 heterocycles. The molecule has 0 aromatic heterocycles.